The summed E-state index contributed by atoms with van der Waals surface area (Å²) in [5.74, 6) is 0.0571. The van der Waals surface area contributed by atoms with Gasteiger partial charge >= 0.3 is 0 Å². The van der Waals surface area contributed by atoms with Gasteiger partial charge in [0.25, 0.3) is 16.7 Å². The van der Waals surface area contributed by atoms with Crippen LogP contribution in [0.25, 0.3) is 0 Å². The van der Waals surface area contributed by atoms with Gasteiger partial charge in [-0.15, -0.1) is 0 Å². The molecule has 2 N–H and O–H groups in total. The van der Waals surface area contributed by atoms with Gasteiger partial charge in [-0.05, 0) is 25.1 Å². The molecule has 0 unspecified atom stereocenters. The summed E-state index contributed by atoms with van der Waals surface area (Å²) >= 11 is 0. The monoisotopic (exact) mass is 262 g/mol. The summed E-state index contributed by atoms with van der Waals surface area (Å²) in [6.07, 6.45) is 1.10. The second-order valence-electron chi connectivity index (χ2n) is 2.85. The Labute approximate surface area is 101 Å². The molecule has 7 nitrogen and oxygen atoms in total. The molecule has 0 saturated carbocycles. The molecule has 17 heavy (non-hydrogen) atoms. The van der Waals surface area contributed by atoms with Gasteiger partial charge in [-0.3, -0.25) is 10.1 Å². The molecule has 96 valence electrons. The Morgan fingerprint density at radius 3 is 2.12 bits per heavy atom. The van der Waals surface area contributed by atoms with Crippen molar-refractivity contribution in [3.8, 4) is 5.75 Å². The fourth-order valence-electron chi connectivity index (χ4n) is 0.715. The maximum atomic E-state index is 10.2. The lowest BCUT2D eigenvalue weighted by Crippen LogP contribution is -1.93. The number of hydrogen-bond acceptors (Lipinski definition) is 6. The van der Waals surface area contributed by atoms with Gasteiger partial charge < -0.3 is 9.92 Å². The average Bonchev–Trinajstić information content (AvgIpc) is 2.29. The summed E-state index contributed by atoms with van der Waals surface area (Å²) in [5.41, 5.74) is 4.91. The minimum absolute atomic E-state index is 0.0571. The molecule has 1 aromatic carbocycles. The van der Waals surface area contributed by atoms with E-state index in [0.717, 1.165) is 25.1 Å². The highest BCUT2D eigenvalue weighted by Gasteiger charge is 2.04. The third kappa shape index (κ3) is 7.25. The zero-order chi connectivity index (χ0) is 13.3. The first-order chi connectivity index (χ1) is 8.01. The number of nitro benzene ring substituents is 1. The molecule has 0 aliphatic carbocycles. The Morgan fingerprint density at radius 2 is 1.82 bits per heavy atom. The van der Waals surface area contributed by atoms with Crippen LogP contribution in [0.2, 0.25) is 0 Å². The maximum Gasteiger partial charge on any atom is 0.299 e. The van der Waals surface area contributed by atoms with Crippen LogP contribution in [0.1, 0.15) is 13.3 Å². The van der Waals surface area contributed by atoms with E-state index in [1.54, 1.807) is 0 Å². The highest BCUT2D eigenvalue weighted by Crippen LogP contribution is 2.16. The molecule has 0 bridgehead atoms. The summed E-state index contributed by atoms with van der Waals surface area (Å²) in [7, 11) is -2.97. The first kappa shape index (κ1) is 15.3. The van der Waals surface area contributed by atoms with Gasteiger partial charge in [0.15, 0.2) is 0 Å². The van der Waals surface area contributed by atoms with Gasteiger partial charge in [0.2, 0.25) is 0 Å². The fourth-order valence-corrected chi connectivity index (χ4v) is 1.01. The minimum atomic E-state index is -2.97. The van der Waals surface area contributed by atoms with E-state index in [9.17, 15) is 18.5 Å². The standard InChI is InChI=1S/C6H5NO5S.C3H9N/c8-7(9)5-1-3-6(4-2-5)12-13(10)11;1-2-3-4/h1-4,13H;2-4H2,1H3. The van der Waals surface area contributed by atoms with Gasteiger partial charge in [-0.1, -0.05) is 6.92 Å². The van der Waals surface area contributed by atoms with Crippen LogP contribution in [-0.2, 0) is 11.0 Å². The topological polar surface area (TPSA) is 113 Å². The summed E-state index contributed by atoms with van der Waals surface area (Å²) in [6, 6.07) is 4.74. The van der Waals surface area contributed by atoms with E-state index >= 15 is 0 Å². The molecule has 0 amide bonds. The van der Waals surface area contributed by atoms with Crippen molar-refractivity contribution >= 4 is 16.7 Å². The smallest absolute Gasteiger partial charge is 0.299 e. The van der Waals surface area contributed by atoms with Crippen LogP contribution in [0.15, 0.2) is 24.3 Å². The molecule has 0 radical (unpaired) electrons. The number of non-ortho nitro benzene ring substituents is 1. The summed E-state index contributed by atoms with van der Waals surface area (Å²) in [4.78, 5) is 9.60. The lowest BCUT2D eigenvalue weighted by molar-refractivity contribution is -0.384. The first-order valence-corrected chi connectivity index (χ1v) is 5.87. The van der Waals surface area contributed by atoms with Crippen molar-refractivity contribution in [2.75, 3.05) is 6.54 Å². The van der Waals surface area contributed by atoms with Crippen LogP contribution >= 0.6 is 0 Å². The summed E-state index contributed by atoms with van der Waals surface area (Å²) in [6.45, 7) is 2.88. The lowest BCUT2D eigenvalue weighted by atomic mass is 10.3. The molecule has 0 spiro atoms. The van der Waals surface area contributed by atoms with Gasteiger partial charge in [0, 0.05) is 12.1 Å². The maximum absolute atomic E-state index is 10.2. The normalized spacial score (nSPS) is 9.35. The molecule has 0 atom stereocenters. The number of hydrogen-bond donors (Lipinski definition) is 2. The van der Waals surface area contributed by atoms with Crippen molar-refractivity contribution in [1.29, 1.82) is 0 Å². The predicted octanol–water partition coefficient (Wildman–Crippen LogP) is 0.855. The Kier molecular flexibility index (Phi) is 7.65. The largest absolute Gasteiger partial charge is 0.384 e. The molecule has 0 aliphatic rings. The fraction of sp³-hybridized carbons (Fsp3) is 0.333. The summed E-state index contributed by atoms with van der Waals surface area (Å²) in [5, 5.41) is 10.2. The number of rotatable bonds is 4. The van der Waals surface area contributed by atoms with Crippen molar-refractivity contribution < 1.29 is 17.5 Å². The van der Waals surface area contributed by atoms with Crippen LogP contribution < -0.4 is 9.92 Å². The molecule has 1 aromatic rings. The van der Waals surface area contributed by atoms with Gasteiger partial charge in [-0.25, -0.2) is 0 Å². The predicted molar refractivity (Wildman–Crippen MR) is 63.4 cm³/mol. The number of nitro groups is 1. The van der Waals surface area contributed by atoms with Gasteiger partial charge in [0.1, 0.15) is 5.75 Å². The number of thiol groups is 1. The van der Waals surface area contributed by atoms with Crippen LogP contribution in [-0.4, -0.2) is 19.9 Å². The van der Waals surface area contributed by atoms with E-state index in [1.165, 1.54) is 12.1 Å². The van der Waals surface area contributed by atoms with Crippen molar-refractivity contribution in [2.45, 2.75) is 13.3 Å². The van der Waals surface area contributed by atoms with Crippen molar-refractivity contribution in [3.05, 3.63) is 34.4 Å². The SMILES string of the molecule is CCCN.O=[N+]([O-])c1ccc(O[SH](=O)=O)cc1. The third-order valence-corrected chi connectivity index (χ3v) is 1.88. The van der Waals surface area contributed by atoms with E-state index in [-0.39, 0.29) is 11.4 Å². The minimum Gasteiger partial charge on any atom is -0.384 e. The van der Waals surface area contributed by atoms with Crippen LogP contribution in [0, 0.1) is 10.1 Å². The van der Waals surface area contributed by atoms with Crippen molar-refractivity contribution in [1.82, 2.24) is 0 Å². The number of nitrogens with two attached hydrogens (primary N) is 1. The molecule has 8 heteroatoms. The number of benzene rings is 1. The van der Waals surface area contributed by atoms with E-state index in [0.29, 0.717) is 0 Å². The van der Waals surface area contributed by atoms with E-state index in [4.69, 9.17) is 5.73 Å². The van der Waals surface area contributed by atoms with E-state index in [2.05, 4.69) is 11.1 Å². The molecular weight excluding hydrogens is 248 g/mol. The van der Waals surface area contributed by atoms with E-state index in [1.807, 2.05) is 0 Å². The van der Waals surface area contributed by atoms with Crippen LogP contribution in [0.5, 0.6) is 5.75 Å². The van der Waals surface area contributed by atoms with E-state index < -0.39 is 15.9 Å². The first-order valence-electron chi connectivity index (χ1n) is 4.78. The highest BCUT2D eigenvalue weighted by atomic mass is 32.2. The average molecular weight is 262 g/mol. The zero-order valence-electron chi connectivity index (χ0n) is 9.24. The molecule has 0 heterocycles. The second kappa shape index (κ2) is 8.48. The molecule has 0 aromatic heterocycles. The summed E-state index contributed by atoms with van der Waals surface area (Å²) < 4.78 is 24.4. The molecule has 1 rings (SSSR count). The van der Waals surface area contributed by atoms with Crippen LogP contribution in [0.4, 0.5) is 5.69 Å². The Morgan fingerprint density at radius 1 is 1.35 bits per heavy atom. The molecule has 0 fully saturated rings. The van der Waals surface area contributed by atoms with Crippen molar-refractivity contribution in [3.63, 3.8) is 0 Å². The quantitative estimate of drug-likeness (QED) is 0.472. The lowest BCUT2D eigenvalue weighted by Gasteiger charge is -1.95. The second-order valence-corrected chi connectivity index (χ2v) is 3.48. The molecule has 0 aliphatic heterocycles. The third-order valence-electron chi connectivity index (χ3n) is 1.52. The molecular formula is C9H14N2O5S. The highest BCUT2D eigenvalue weighted by molar-refractivity contribution is 7.67. The van der Waals surface area contributed by atoms with Gasteiger partial charge in [-0.2, -0.15) is 8.42 Å². The Hall–Kier alpha value is -1.67. The van der Waals surface area contributed by atoms with Crippen LogP contribution in [0.3, 0.4) is 0 Å². The number of nitrogens with zero attached hydrogens (tertiary/aromatic N) is 1. The van der Waals surface area contributed by atoms with Crippen molar-refractivity contribution in [2.24, 2.45) is 5.73 Å². The van der Waals surface area contributed by atoms with Gasteiger partial charge in [0.05, 0.1) is 4.92 Å². The molecule has 0 saturated heterocycles. The zero-order valence-corrected chi connectivity index (χ0v) is 10.1. The Bertz CT molecular complexity index is 406. The Balaban J connectivity index is 0.000000557.